The summed E-state index contributed by atoms with van der Waals surface area (Å²) in [6.07, 6.45) is 5.50. The second kappa shape index (κ2) is 3.98. The number of thioether (sulfide) groups is 1. The first-order valence-electron chi connectivity index (χ1n) is 4.02. The summed E-state index contributed by atoms with van der Waals surface area (Å²) < 4.78 is 0.987. The van der Waals surface area contributed by atoms with Gasteiger partial charge in [-0.05, 0) is 18.4 Å². The summed E-state index contributed by atoms with van der Waals surface area (Å²) in [5, 5.41) is 0.752. The Morgan fingerprint density at radius 3 is 2.93 bits per heavy atom. The fourth-order valence-corrected chi connectivity index (χ4v) is 2.48. The normalized spacial score (nSPS) is 10.4. The van der Waals surface area contributed by atoms with Crippen LogP contribution in [-0.4, -0.2) is 16.2 Å². The fraction of sp³-hybridized carbons (Fsp3) is 0.111. The quantitative estimate of drug-likeness (QED) is 0.795. The SMILES string of the molecule is CSc1nc(-c2cccnc2)c(N)s1. The summed E-state index contributed by atoms with van der Waals surface area (Å²) in [6, 6.07) is 3.84. The molecule has 2 aromatic rings. The lowest BCUT2D eigenvalue weighted by Gasteiger charge is -1.95. The van der Waals surface area contributed by atoms with Crippen LogP contribution in [0.2, 0.25) is 0 Å². The van der Waals surface area contributed by atoms with Crippen molar-refractivity contribution in [3.05, 3.63) is 24.5 Å². The average molecular weight is 223 g/mol. The van der Waals surface area contributed by atoms with Gasteiger partial charge in [0.1, 0.15) is 10.7 Å². The lowest BCUT2D eigenvalue weighted by atomic mass is 10.2. The van der Waals surface area contributed by atoms with Crippen molar-refractivity contribution in [3.8, 4) is 11.3 Å². The van der Waals surface area contributed by atoms with E-state index in [2.05, 4.69) is 9.97 Å². The number of rotatable bonds is 2. The standard InChI is InChI=1S/C9H9N3S2/c1-13-9-12-7(8(10)14-9)6-3-2-4-11-5-6/h2-5H,10H2,1H3. The summed E-state index contributed by atoms with van der Waals surface area (Å²) in [5.74, 6) is 0. The molecule has 0 aliphatic carbocycles. The zero-order valence-corrected chi connectivity index (χ0v) is 9.23. The molecule has 0 aromatic carbocycles. The van der Waals surface area contributed by atoms with E-state index in [1.807, 2.05) is 18.4 Å². The Balaban J connectivity index is 2.46. The molecule has 0 aliphatic rings. The van der Waals surface area contributed by atoms with Crippen LogP contribution in [0.1, 0.15) is 0 Å². The van der Waals surface area contributed by atoms with Crippen LogP contribution in [0.25, 0.3) is 11.3 Å². The van der Waals surface area contributed by atoms with Gasteiger partial charge < -0.3 is 5.73 Å². The Hall–Kier alpha value is -1.07. The van der Waals surface area contributed by atoms with Gasteiger partial charge in [0, 0.05) is 18.0 Å². The molecule has 3 nitrogen and oxygen atoms in total. The third-order valence-electron chi connectivity index (χ3n) is 1.74. The maximum absolute atomic E-state index is 5.86. The molecule has 0 unspecified atom stereocenters. The maximum atomic E-state index is 5.86. The van der Waals surface area contributed by atoms with E-state index in [0.29, 0.717) is 0 Å². The average Bonchev–Trinajstić information content (AvgIpc) is 2.61. The fourth-order valence-electron chi connectivity index (χ4n) is 1.11. The molecule has 0 spiro atoms. The zero-order valence-electron chi connectivity index (χ0n) is 7.60. The predicted molar refractivity (Wildman–Crippen MR) is 61.5 cm³/mol. The smallest absolute Gasteiger partial charge is 0.152 e. The summed E-state index contributed by atoms with van der Waals surface area (Å²) >= 11 is 3.12. The second-order valence-corrected chi connectivity index (χ2v) is 4.72. The van der Waals surface area contributed by atoms with Gasteiger partial charge in [-0.2, -0.15) is 0 Å². The van der Waals surface area contributed by atoms with E-state index >= 15 is 0 Å². The summed E-state index contributed by atoms with van der Waals surface area (Å²) in [5.41, 5.74) is 7.68. The monoisotopic (exact) mass is 223 g/mol. The molecular formula is C9H9N3S2. The van der Waals surface area contributed by atoms with Crippen LogP contribution in [0.15, 0.2) is 28.9 Å². The van der Waals surface area contributed by atoms with Gasteiger partial charge in [-0.1, -0.05) is 23.1 Å². The van der Waals surface area contributed by atoms with Crippen LogP contribution < -0.4 is 5.73 Å². The number of thiazole rings is 1. The van der Waals surface area contributed by atoms with E-state index < -0.39 is 0 Å². The van der Waals surface area contributed by atoms with E-state index in [9.17, 15) is 0 Å². The van der Waals surface area contributed by atoms with Gasteiger partial charge in [-0.15, -0.1) is 0 Å². The molecule has 2 N–H and O–H groups in total. The number of nitrogen functional groups attached to an aromatic ring is 1. The minimum atomic E-state index is 0.752. The highest BCUT2D eigenvalue weighted by Crippen LogP contribution is 2.33. The number of hydrogen-bond acceptors (Lipinski definition) is 5. The van der Waals surface area contributed by atoms with E-state index in [1.165, 1.54) is 11.3 Å². The molecular weight excluding hydrogens is 214 g/mol. The Bertz CT molecular complexity index is 425. The molecule has 0 atom stereocenters. The summed E-state index contributed by atoms with van der Waals surface area (Å²) in [6.45, 7) is 0. The molecule has 2 rings (SSSR count). The summed E-state index contributed by atoms with van der Waals surface area (Å²) in [7, 11) is 0. The van der Waals surface area contributed by atoms with Crippen molar-refractivity contribution in [1.82, 2.24) is 9.97 Å². The van der Waals surface area contributed by atoms with E-state index in [-0.39, 0.29) is 0 Å². The van der Waals surface area contributed by atoms with Crippen LogP contribution in [0.3, 0.4) is 0 Å². The highest BCUT2D eigenvalue weighted by molar-refractivity contribution is 8.00. The van der Waals surface area contributed by atoms with Gasteiger partial charge in [-0.3, -0.25) is 4.98 Å². The van der Waals surface area contributed by atoms with Crippen molar-refractivity contribution in [1.29, 1.82) is 0 Å². The summed E-state index contributed by atoms with van der Waals surface area (Å²) in [4.78, 5) is 8.45. The molecule has 0 fully saturated rings. The third-order valence-corrected chi connectivity index (χ3v) is 3.61. The second-order valence-electron chi connectivity index (χ2n) is 2.64. The van der Waals surface area contributed by atoms with Crippen LogP contribution in [-0.2, 0) is 0 Å². The van der Waals surface area contributed by atoms with Gasteiger partial charge in [0.2, 0.25) is 0 Å². The van der Waals surface area contributed by atoms with Gasteiger partial charge in [0.15, 0.2) is 4.34 Å². The van der Waals surface area contributed by atoms with Crippen molar-refractivity contribution in [2.24, 2.45) is 0 Å². The van der Waals surface area contributed by atoms with Gasteiger partial charge in [0.05, 0.1) is 0 Å². The number of anilines is 1. The first kappa shape index (κ1) is 9.48. The number of aromatic nitrogens is 2. The largest absolute Gasteiger partial charge is 0.389 e. The van der Waals surface area contributed by atoms with E-state index in [4.69, 9.17) is 5.73 Å². The number of nitrogens with two attached hydrogens (primary N) is 1. The molecule has 0 saturated carbocycles. The lowest BCUT2D eigenvalue weighted by molar-refractivity contribution is 1.24. The topological polar surface area (TPSA) is 51.8 Å². The number of hydrogen-bond donors (Lipinski definition) is 1. The first-order valence-corrected chi connectivity index (χ1v) is 6.06. The van der Waals surface area contributed by atoms with Crippen LogP contribution in [0, 0.1) is 0 Å². The number of nitrogens with zero attached hydrogens (tertiary/aromatic N) is 2. The molecule has 0 aliphatic heterocycles. The highest BCUT2D eigenvalue weighted by atomic mass is 32.2. The molecule has 0 saturated heterocycles. The number of pyridine rings is 1. The van der Waals surface area contributed by atoms with Crippen LogP contribution in [0.4, 0.5) is 5.00 Å². The van der Waals surface area contributed by atoms with Gasteiger partial charge in [-0.25, -0.2) is 4.98 Å². The molecule has 14 heavy (non-hydrogen) atoms. The molecule has 0 bridgehead atoms. The molecule has 2 heterocycles. The first-order chi connectivity index (χ1) is 6.81. The molecule has 5 heteroatoms. The Morgan fingerprint density at radius 2 is 2.36 bits per heavy atom. The maximum Gasteiger partial charge on any atom is 0.152 e. The van der Waals surface area contributed by atoms with Crippen molar-refractivity contribution in [3.63, 3.8) is 0 Å². The molecule has 2 aromatic heterocycles. The van der Waals surface area contributed by atoms with Crippen molar-refractivity contribution in [2.45, 2.75) is 4.34 Å². The van der Waals surface area contributed by atoms with E-state index in [0.717, 1.165) is 20.6 Å². The van der Waals surface area contributed by atoms with Crippen molar-refractivity contribution < 1.29 is 0 Å². The third kappa shape index (κ3) is 1.73. The van der Waals surface area contributed by atoms with Crippen LogP contribution >= 0.6 is 23.1 Å². The molecule has 0 amide bonds. The van der Waals surface area contributed by atoms with Gasteiger partial charge in [0.25, 0.3) is 0 Å². The Labute approximate surface area is 90.4 Å². The molecule has 72 valence electrons. The Morgan fingerprint density at radius 1 is 1.50 bits per heavy atom. The van der Waals surface area contributed by atoms with Crippen LogP contribution in [0.5, 0.6) is 0 Å². The minimum absolute atomic E-state index is 0.752. The molecule has 0 radical (unpaired) electrons. The van der Waals surface area contributed by atoms with Crippen molar-refractivity contribution >= 4 is 28.1 Å². The Kier molecular flexibility index (Phi) is 2.69. The highest BCUT2D eigenvalue weighted by Gasteiger charge is 2.09. The predicted octanol–water partition coefficient (Wildman–Crippen LogP) is 2.51. The lowest BCUT2D eigenvalue weighted by Crippen LogP contribution is -1.85. The zero-order chi connectivity index (χ0) is 9.97. The minimum Gasteiger partial charge on any atom is -0.389 e. The van der Waals surface area contributed by atoms with Gasteiger partial charge >= 0.3 is 0 Å². The van der Waals surface area contributed by atoms with Crippen molar-refractivity contribution in [2.75, 3.05) is 12.0 Å². The van der Waals surface area contributed by atoms with E-state index in [1.54, 1.807) is 24.2 Å².